The second kappa shape index (κ2) is 7.46. The lowest BCUT2D eigenvalue weighted by Gasteiger charge is -2.48. The van der Waals surface area contributed by atoms with Gasteiger partial charge in [-0.1, -0.05) is 34.1 Å². The smallest absolute Gasteiger partial charge is 0.0159 e. The molecule has 2 aliphatic rings. The number of piperidine rings is 1. The Morgan fingerprint density at radius 3 is 2.62 bits per heavy atom. The van der Waals surface area contributed by atoms with Crippen molar-refractivity contribution in [3.8, 4) is 0 Å². The first-order valence-corrected chi connectivity index (χ1v) is 9.41. The topological polar surface area (TPSA) is 15.3 Å². The van der Waals surface area contributed by atoms with Gasteiger partial charge in [-0.3, -0.25) is 0 Å². The summed E-state index contributed by atoms with van der Waals surface area (Å²) in [7, 11) is 0. The molecule has 1 N–H and O–H groups in total. The maximum atomic E-state index is 3.90. The van der Waals surface area contributed by atoms with Crippen molar-refractivity contribution in [3.05, 3.63) is 0 Å². The molecule has 0 aromatic heterocycles. The van der Waals surface area contributed by atoms with Crippen molar-refractivity contribution in [3.63, 3.8) is 0 Å². The third-order valence-electron chi connectivity index (χ3n) is 6.07. The number of hydrogen-bond donors (Lipinski definition) is 1. The van der Waals surface area contributed by atoms with Crippen LogP contribution in [0.1, 0.15) is 73.1 Å². The predicted octanol–water partition coefficient (Wildman–Crippen LogP) is 4.30. The molecule has 0 bridgehead atoms. The molecule has 1 saturated carbocycles. The van der Waals surface area contributed by atoms with E-state index < -0.39 is 0 Å². The summed E-state index contributed by atoms with van der Waals surface area (Å²) in [5.41, 5.74) is 0.463. The summed E-state index contributed by atoms with van der Waals surface area (Å²) in [5.74, 6) is 1.77. The summed E-state index contributed by atoms with van der Waals surface area (Å²) >= 11 is 0. The van der Waals surface area contributed by atoms with Crippen molar-refractivity contribution in [2.45, 2.75) is 85.2 Å². The first-order chi connectivity index (χ1) is 9.94. The number of likely N-dealkylation sites (tertiary alicyclic amines) is 1. The molecule has 2 rings (SSSR count). The highest BCUT2D eigenvalue weighted by atomic mass is 15.2. The van der Waals surface area contributed by atoms with E-state index in [4.69, 9.17) is 0 Å². The Balaban J connectivity index is 1.98. The maximum Gasteiger partial charge on any atom is 0.0159 e. The SMILES string of the molecule is CCCNC1C(CN2CCC(C)CC2C)CCCC1(C)C. The van der Waals surface area contributed by atoms with E-state index in [0.717, 1.165) is 17.9 Å². The molecule has 2 heteroatoms. The van der Waals surface area contributed by atoms with Crippen LogP contribution in [0.25, 0.3) is 0 Å². The lowest BCUT2D eigenvalue weighted by atomic mass is 9.67. The predicted molar refractivity (Wildman–Crippen MR) is 92.6 cm³/mol. The fourth-order valence-electron chi connectivity index (χ4n) is 4.75. The minimum atomic E-state index is 0.463. The van der Waals surface area contributed by atoms with E-state index >= 15 is 0 Å². The average Bonchev–Trinajstić information content (AvgIpc) is 2.40. The fourth-order valence-corrected chi connectivity index (χ4v) is 4.75. The largest absolute Gasteiger partial charge is 0.313 e. The van der Waals surface area contributed by atoms with E-state index in [0.29, 0.717) is 11.5 Å². The van der Waals surface area contributed by atoms with E-state index in [1.807, 2.05) is 0 Å². The third-order valence-corrected chi connectivity index (χ3v) is 6.07. The van der Waals surface area contributed by atoms with Crippen LogP contribution in [0.15, 0.2) is 0 Å². The Kier molecular flexibility index (Phi) is 6.14. The highest BCUT2D eigenvalue weighted by Crippen LogP contribution is 2.40. The summed E-state index contributed by atoms with van der Waals surface area (Å²) in [4.78, 5) is 2.78. The Labute approximate surface area is 133 Å². The number of rotatable bonds is 5. The van der Waals surface area contributed by atoms with Crippen LogP contribution in [0.3, 0.4) is 0 Å². The number of nitrogens with one attached hydrogen (secondary N) is 1. The highest BCUT2D eigenvalue weighted by Gasteiger charge is 2.39. The van der Waals surface area contributed by atoms with Crippen molar-refractivity contribution in [2.24, 2.45) is 17.3 Å². The van der Waals surface area contributed by atoms with E-state index in [1.54, 1.807) is 0 Å². The lowest BCUT2D eigenvalue weighted by molar-refractivity contribution is 0.0477. The summed E-state index contributed by atoms with van der Waals surface area (Å²) < 4.78 is 0. The van der Waals surface area contributed by atoms with Crippen molar-refractivity contribution in [2.75, 3.05) is 19.6 Å². The van der Waals surface area contributed by atoms with Gasteiger partial charge in [-0.05, 0) is 69.4 Å². The molecule has 0 amide bonds. The van der Waals surface area contributed by atoms with Crippen LogP contribution in [0, 0.1) is 17.3 Å². The van der Waals surface area contributed by atoms with Crippen molar-refractivity contribution in [1.82, 2.24) is 10.2 Å². The Morgan fingerprint density at radius 1 is 1.19 bits per heavy atom. The normalized spacial score (nSPS) is 37.6. The highest BCUT2D eigenvalue weighted by molar-refractivity contribution is 4.95. The van der Waals surface area contributed by atoms with Gasteiger partial charge in [0, 0.05) is 18.6 Å². The molecule has 2 nitrogen and oxygen atoms in total. The van der Waals surface area contributed by atoms with Gasteiger partial charge in [0.05, 0.1) is 0 Å². The van der Waals surface area contributed by atoms with Crippen LogP contribution >= 0.6 is 0 Å². The van der Waals surface area contributed by atoms with E-state index in [1.165, 1.54) is 58.2 Å². The Hall–Kier alpha value is -0.0800. The van der Waals surface area contributed by atoms with Gasteiger partial charge >= 0.3 is 0 Å². The number of hydrogen-bond acceptors (Lipinski definition) is 2. The molecule has 4 unspecified atom stereocenters. The van der Waals surface area contributed by atoms with Crippen molar-refractivity contribution >= 4 is 0 Å². The minimum absolute atomic E-state index is 0.463. The zero-order chi connectivity index (χ0) is 15.5. The molecule has 0 spiro atoms. The van der Waals surface area contributed by atoms with Crippen LogP contribution in [0.4, 0.5) is 0 Å². The van der Waals surface area contributed by atoms with E-state index in [-0.39, 0.29) is 0 Å². The Morgan fingerprint density at radius 2 is 1.95 bits per heavy atom. The van der Waals surface area contributed by atoms with Crippen LogP contribution < -0.4 is 5.32 Å². The van der Waals surface area contributed by atoms with Gasteiger partial charge in [0.2, 0.25) is 0 Å². The maximum absolute atomic E-state index is 3.90. The quantitative estimate of drug-likeness (QED) is 0.813. The fraction of sp³-hybridized carbons (Fsp3) is 1.00. The third kappa shape index (κ3) is 4.45. The van der Waals surface area contributed by atoms with Gasteiger partial charge in [0.1, 0.15) is 0 Å². The average molecular weight is 295 g/mol. The van der Waals surface area contributed by atoms with Crippen molar-refractivity contribution < 1.29 is 0 Å². The zero-order valence-corrected chi connectivity index (χ0v) is 15.1. The molecule has 21 heavy (non-hydrogen) atoms. The first-order valence-electron chi connectivity index (χ1n) is 9.41. The van der Waals surface area contributed by atoms with E-state index in [2.05, 4.69) is 44.8 Å². The van der Waals surface area contributed by atoms with Gasteiger partial charge in [0.15, 0.2) is 0 Å². The molecule has 0 aromatic carbocycles. The monoisotopic (exact) mass is 294 g/mol. The number of nitrogens with zero attached hydrogens (tertiary/aromatic N) is 1. The molecule has 2 fully saturated rings. The second-order valence-corrected chi connectivity index (χ2v) is 8.55. The summed E-state index contributed by atoms with van der Waals surface area (Å²) in [6.07, 6.45) is 8.26. The van der Waals surface area contributed by atoms with Crippen LogP contribution in [-0.4, -0.2) is 36.6 Å². The van der Waals surface area contributed by atoms with Gasteiger partial charge < -0.3 is 10.2 Å². The van der Waals surface area contributed by atoms with Crippen molar-refractivity contribution in [1.29, 1.82) is 0 Å². The molecule has 1 aliphatic heterocycles. The molecule has 1 heterocycles. The van der Waals surface area contributed by atoms with Gasteiger partial charge in [-0.15, -0.1) is 0 Å². The van der Waals surface area contributed by atoms with Gasteiger partial charge in [-0.25, -0.2) is 0 Å². The summed E-state index contributed by atoms with van der Waals surface area (Å²) in [6, 6.07) is 1.49. The molecular formula is C19H38N2. The Bertz CT molecular complexity index is 313. The standard InChI is InChI=1S/C19H38N2/c1-6-11-20-18-17(8-7-10-19(18,4)5)14-21-12-9-15(2)13-16(21)3/h15-18,20H,6-14H2,1-5H3. The van der Waals surface area contributed by atoms with Crippen LogP contribution in [-0.2, 0) is 0 Å². The van der Waals surface area contributed by atoms with Crippen LogP contribution in [0.2, 0.25) is 0 Å². The zero-order valence-electron chi connectivity index (χ0n) is 15.1. The molecule has 1 saturated heterocycles. The molecule has 0 aromatic rings. The minimum Gasteiger partial charge on any atom is -0.313 e. The van der Waals surface area contributed by atoms with Gasteiger partial charge in [0.25, 0.3) is 0 Å². The summed E-state index contributed by atoms with van der Waals surface area (Å²) in [5, 5.41) is 3.90. The molecule has 124 valence electrons. The second-order valence-electron chi connectivity index (χ2n) is 8.55. The molecule has 0 radical (unpaired) electrons. The molecule has 4 atom stereocenters. The molecule has 1 aliphatic carbocycles. The first kappa shape index (κ1) is 17.3. The van der Waals surface area contributed by atoms with E-state index in [9.17, 15) is 0 Å². The van der Waals surface area contributed by atoms with Gasteiger partial charge in [-0.2, -0.15) is 0 Å². The molecular weight excluding hydrogens is 256 g/mol. The lowest BCUT2D eigenvalue weighted by Crippen LogP contribution is -2.54. The summed E-state index contributed by atoms with van der Waals surface area (Å²) in [6.45, 7) is 15.9. The van der Waals surface area contributed by atoms with Crippen LogP contribution in [0.5, 0.6) is 0 Å².